The molecule has 0 radical (unpaired) electrons. The van der Waals surface area contributed by atoms with Gasteiger partial charge in [-0.3, -0.25) is 4.68 Å². The summed E-state index contributed by atoms with van der Waals surface area (Å²) in [6.07, 6.45) is 3.91. The Hall–Kier alpha value is -5.03. The van der Waals surface area contributed by atoms with Gasteiger partial charge in [-0.05, 0) is 88.3 Å². The van der Waals surface area contributed by atoms with Crippen molar-refractivity contribution in [2.24, 2.45) is 0 Å². The van der Waals surface area contributed by atoms with Crippen LogP contribution in [0.2, 0.25) is 0 Å². The molecule has 9 aromatic rings. The third-order valence-electron chi connectivity index (χ3n) is 10.5. The van der Waals surface area contributed by atoms with Crippen molar-refractivity contribution in [2.75, 3.05) is 0 Å². The Kier molecular flexibility index (Phi) is 9.14. The standard InChI is InChI=1S/C48H42N4OS.Pt/c1-29-24-32(48(6,7)8)25-30(2)44(29)39-21-23-51(50-39)33-12-11-13-34(27-33)53-35-16-17-36-37-18-19-42-45(38-14-9-10-15-41(38)54-42)46(37)52(40(36)28-35)43-26-31(20-22-49-43)47(3,4)5;/h9-26H,1-8H3;/q-2;+2. The molecule has 0 N–H and O–H groups in total. The van der Waals surface area contributed by atoms with E-state index in [4.69, 9.17) is 14.8 Å². The van der Waals surface area contributed by atoms with Crippen molar-refractivity contribution in [3.63, 3.8) is 0 Å². The van der Waals surface area contributed by atoms with E-state index in [9.17, 15) is 0 Å². The molecule has 4 aromatic heterocycles. The van der Waals surface area contributed by atoms with Crippen LogP contribution in [-0.4, -0.2) is 19.3 Å². The first-order valence-corrected chi connectivity index (χ1v) is 19.3. The van der Waals surface area contributed by atoms with Gasteiger partial charge in [0.1, 0.15) is 5.82 Å². The van der Waals surface area contributed by atoms with Crippen molar-refractivity contribution in [1.82, 2.24) is 19.3 Å². The average molecular weight is 918 g/mol. The van der Waals surface area contributed by atoms with Crippen LogP contribution in [0.25, 0.3) is 64.7 Å². The second kappa shape index (κ2) is 13.6. The number of pyridine rings is 1. The van der Waals surface area contributed by atoms with Crippen molar-refractivity contribution < 1.29 is 25.8 Å². The largest absolute Gasteiger partial charge is 2.00 e. The maximum Gasteiger partial charge on any atom is 2.00 e. The van der Waals surface area contributed by atoms with E-state index in [1.54, 1.807) is 0 Å². The molecule has 0 fully saturated rings. The SMILES string of the molecule is Cc1cc(C(C)(C)C)cc(C)c1-c1ccn(-c2[c-]c(Oc3[c-]c4c(cc3)c3ccc5sc6ccccc6c5c3n4-c3cc(C(C)(C)C)ccn3)ccc2)n1.[Pt+2]. The zero-order valence-corrected chi connectivity index (χ0v) is 35.4. The average Bonchev–Trinajstić information content (AvgIpc) is 3.85. The van der Waals surface area contributed by atoms with E-state index in [1.807, 2.05) is 52.7 Å². The van der Waals surface area contributed by atoms with E-state index in [1.165, 1.54) is 48.0 Å². The van der Waals surface area contributed by atoms with Gasteiger partial charge in [0, 0.05) is 49.6 Å². The first-order valence-electron chi connectivity index (χ1n) is 18.5. The molecule has 276 valence electrons. The summed E-state index contributed by atoms with van der Waals surface area (Å²) in [4.78, 5) is 4.96. The summed E-state index contributed by atoms with van der Waals surface area (Å²) in [5.41, 5.74) is 10.0. The van der Waals surface area contributed by atoms with Gasteiger partial charge in [-0.1, -0.05) is 83.5 Å². The van der Waals surface area contributed by atoms with E-state index < -0.39 is 0 Å². The predicted octanol–water partition coefficient (Wildman–Crippen LogP) is 13.0. The van der Waals surface area contributed by atoms with Crippen LogP contribution in [0.3, 0.4) is 0 Å². The van der Waals surface area contributed by atoms with Crippen molar-refractivity contribution in [1.29, 1.82) is 0 Å². The molecular weight excluding hydrogens is 876 g/mol. The molecule has 0 aliphatic rings. The van der Waals surface area contributed by atoms with Crippen molar-refractivity contribution >= 4 is 53.3 Å². The zero-order chi connectivity index (χ0) is 37.5. The van der Waals surface area contributed by atoms with Crippen LogP contribution in [0.15, 0.2) is 109 Å². The molecule has 55 heavy (non-hydrogen) atoms. The molecule has 0 unspecified atom stereocenters. The Morgan fingerprint density at radius 2 is 1.40 bits per heavy atom. The van der Waals surface area contributed by atoms with Crippen LogP contribution in [0, 0.1) is 26.0 Å². The molecule has 5 nitrogen and oxygen atoms in total. The number of nitrogens with zero attached hydrogens (tertiary/aromatic N) is 4. The van der Waals surface area contributed by atoms with Crippen LogP contribution in [0.4, 0.5) is 0 Å². The van der Waals surface area contributed by atoms with Gasteiger partial charge in [-0.15, -0.1) is 47.1 Å². The maximum absolute atomic E-state index is 6.55. The first kappa shape index (κ1) is 36.9. The molecule has 0 atom stereocenters. The monoisotopic (exact) mass is 917 g/mol. The fourth-order valence-electron chi connectivity index (χ4n) is 7.65. The smallest absolute Gasteiger partial charge is 0.509 e. The molecule has 7 heteroatoms. The quantitative estimate of drug-likeness (QED) is 0.162. The van der Waals surface area contributed by atoms with Crippen molar-refractivity contribution in [3.05, 3.63) is 144 Å². The van der Waals surface area contributed by atoms with E-state index in [-0.39, 0.29) is 31.9 Å². The molecule has 0 spiro atoms. The zero-order valence-electron chi connectivity index (χ0n) is 32.3. The number of aryl methyl sites for hydroxylation is 2. The number of fused-ring (bicyclic) bond motifs is 7. The number of hydrogen-bond donors (Lipinski definition) is 0. The molecule has 9 rings (SSSR count). The first-order chi connectivity index (χ1) is 25.8. The van der Waals surface area contributed by atoms with Gasteiger partial charge in [0.05, 0.1) is 11.2 Å². The number of hydrogen-bond acceptors (Lipinski definition) is 4. The third kappa shape index (κ3) is 6.49. The van der Waals surface area contributed by atoms with E-state index >= 15 is 0 Å². The summed E-state index contributed by atoms with van der Waals surface area (Å²) >= 11 is 1.82. The second-order valence-electron chi connectivity index (χ2n) is 16.4. The Labute approximate surface area is 340 Å². The number of aromatic nitrogens is 4. The molecule has 5 aromatic carbocycles. The van der Waals surface area contributed by atoms with Gasteiger partial charge >= 0.3 is 21.1 Å². The number of ether oxygens (including phenoxy) is 1. The predicted molar refractivity (Wildman–Crippen MR) is 225 cm³/mol. The minimum atomic E-state index is -0.0381. The summed E-state index contributed by atoms with van der Waals surface area (Å²) in [7, 11) is 0. The van der Waals surface area contributed by atoms with E-state index in [0.717, 1.165) is 39.0 Å². The fourth-order valence-corrected chi connectivity index (χ4v) is 8.76. The van der Waals surface area contributed by atoms with Crippen LogP contribution in [0.1, 0.15) is 63.8 Å². The summed E-state index contributed by atoms with van der Waals surface area (Å²) < 4.78 is 13.2. The molecule has 0 saturated carbocycles. The maximum atomic E-state index is 6.55. The molecule has 4 heterocycles. The number of rotatable bonds is 5. The van der Waals surface area contributed by atoms with Gasteiger partial charge in [-0.2, -0.15) is 17.2 Å². The normalized spacial score (nSPS) is 12.2. The van der Waals surface area contributed by atoms with Crippen molar-refractivity contribution in [3.8, 4) is 34.3 Å². The van der Waals surface area contributed by atoms with Crippen LogP contribution >= 0.6 is 11.3 Å². The summed E-state index contributed by atoms with van der Waals surface area (Å²) in [6, 6.07) is 41.3. The Bertz CT molecular complexity index is 2890. The summed E-state index contributed by atoms with van der Waals surface area (Å²) in [6.45, 7) is 17.8. The Morgan fingerprint density at radius 1 is 0.673 bits per heavy atom. The fraction of sp³-hybridized carbons (Fsp3) is 0.208. The van der Waals surface area contributed by atoms with Gasteiger partial charge < -0.3 is 9.30 Å². The van der Waals surface area contributed by atoms with Gasteiger partial charge in [0.15, 0.2) is 0 Å². The third-order valence-corrected chi connectivity index (χ3v) is 11.6. The molecule has 0 saturated heterocycles. The number of thiophene rings is 1. The summed E-state index contributed by atoms with van der Waals surface area (Å²) in [5.74, 6) is 2.05. The number of benzene rings is 5. The van der Waals surface area contributed by atoms with Gasteiger partial charge in [-0.25, -0.2) is 4.98 Å². The molecular formula is C48H42N4OPtS. The minimum Gasteiger partial charge on any atom is -0.509 e. The minimum absolute atomic E-state index is 0. The molecule has 0 aliphatic heterocycles. The van der Waals surface area contributed by atoms with Crippen LogP contribution in [-0.2, 0) is 31.9 Å². The molecule has 0 amide bonds. The Balaban J connectivity index is 0.00000427. The van der Waals surface area contributed by atoms with E-state index in [0.29, 0.717) is 11.5 Å². The Morgan fingerprint density at radius 3 is 2.16 bits per heavy atom. The van der Waals surface area contributed by atoms with Gasteiger partial charge in [0.25, 0.3) is 0 Å². The molecule has 0 aliphatic carbocycles. The van der Waals surface area contributed by atoms with Crippen LogP contribution in [0.5, 0.6) is 11.5 Å². The summed E-state index contributed by atoms with van der Waals surface area (Å²) in [5, 5.41) is 9.74. The van der Waals surface area contributed by atoms with Gasteiger partial charge in [0.2, 0.25) is 0 Å². The van der Waals surface area contributed by atoms with E-state index in [2.05, 4.69) is 145 Å². The topological polar surface area (TPSA) is 44.9 Å². The van der Waals surface area contributed by atoms with Crippen molar-refractivity contribution in [2.45, 2.75) is 66.2 Å². The second-order valence-corrected chi connectivity index (χ2v) is 17.5. The molecule has 0 bridgehead atoms. The van der Waals surface area contributed by atoms with Crippen LogP contribution < -0.4 is 4.74 Å².